The van der Waals surface area contributed by atoms with Crippen LogP contribution in [0.3, 0.4) is 0 Å². The number of rotatable bonds is 2. The lowest BCUT2D eigenvalue weighted by atomic mass is 9.91. The van der Waals surface area contributed by atoms with Crippen LogP contribution in [0.5, 0.6) is 0 Å². The Morgan fingerprint density at radius 1 is 0.789 bits per heavy atom. The van der Waals surface area contributed by atoms with Crippen molar-refractivity contribution in [2.24, 2.45) is 5.92 Å². The SMILES string of the molecule is CC(C)Cc1c2ccccc2c(Cl)c2ccccc12. The fourth-order valence-electron chi connectivity index (χ4n) is 2.79. The Balaban J connectivity index is 2.49. The number of hydrogen-bond acceptors (Lipinski definition) is 0. The predicted octanol–water partition coefficient (Wildman–Crippen LogP) is 5.84. The smallest absolute Gasteiger partial charge is 0.0562 e. The standard InChI is InChI=1S/C18H17Cl/c1-12(2)11-17-13-7-3-5-9-15(13)18(19)16-10-6-4-8-14(16)17/h3-10,12H,11H2,1-2H3. The van der Waals surface area contributed by atoms with Gasteiger partial charge in [-0.05, 0) is 28.7 Å². The highest BCUT2D eigenvalue weighted by Crippen LogP contribution is 2.36. The highest BCUT2D eigenvalue weighted by Gasteiger charge is 2.12. The first-order valence-corrected chi connectivity index (χ1v) is 7.14. The third kappa shape index (κ3) is 2.11. The molecule has 0 amide bonds. The minimum absolute atomic E-state index is 0.632. The van der Waals surface area contributed by atoms with Gasteiger partial charge in [-0.2, -0.15) is 0 Å². The Kier molecular flexibility index (Phi) is 3.20. The van der Waals surface area contributed by atoms with Crippen molar-refractivity contribution in [3.63, 3.8) is 0 Å². The van der Waals surface area contributed by atoms with E-state index in [9.17, 15) is 0 Å². The van der Waals surface area contributed by atoms with Gasteiger partial charge >= 0.3 is 0 Å². The molecule has 0 bridgehead atoms. The van der Waals surface area contributed by atoms with Gasteiger partial charge in [0.15, 0.2) is 0 Å². The topological polar surface area (TPSA) is 0 Å². The molecule has 0 radical (unpaired) electrons. The molecule has 0 heterocycles. The monoisotopic (exact) mass is 268 g/mol. The first-order chi connectivity index (χ1) is 9.18. The van der Waals surface area contributed by atoms with Crippen molar-refractivity contribution >= 4 is 33.1 Å². The molecule has 0 aliphatic heterocycles. The lowest BCUT2D eigenvalue weighted by molar-refractivity contribution is 0.653. The average Bonchev–Trinajstić information content (AvgIpc) is 2.43. The fourth-order valence-corrected chi connectivity index (χ4v) is 3.12. The number of fused-ring (bicyclic) bond motifs is 2. The van der Waals surface area contributed by atoms with Gasteiger partial charge in [-0.15, -0.1) is 0 Å². The van der Waals surface area contributed by atoms with Crippen molar-refractivity contribution in [1.29, 1.82) is 0 Å². The zero-order valence-electron chi connectivity index (χ0n) is 11.3. The molecule has 0 N–H and O–H groups in total. The molecule has 0 aromatic heterocycles. The molecule has 0 saturated carbocycles. The van der Waals surface area contributed by atoms with Gasteiger partial charge in [0.25, 0.3) is 0 Å². The Morgan fingerprint density at radius 3 is 1.63 bits per heavy atom. The van der Waals surface area contributed by atoms with Crippen molar-refractivity contribution in [2.75, 3.05) is 0 Å². The summed E-state index contributed by atoms with van der Waals surface area (Å²) in [6.07, 6.45) is 1.08. The number of halogens is 1. The van der Waals surface area contributed by atoms with Gasteiger partial charge in [0, 0.05) is 10.8 Å². The molecule has 0 unspecified atom stereocenters. The highest BCUT2D eigenvalue weighted by molar-refractivity contribution is 6.41. The van der Waals surface area contributed by atoms with E-state index in [4.69, 9.17) is 11.6 Å². The van der Waals surface area contributed by atoms with E-state index >= 15 is 0 Å². The van der Waals surface area contributed by atoms with E-state index < -0.39 is 0 Å². The first-order valence-electron chi connectivity index (χ1n) is 6.76. The van der Waals surface area contributed by atoms with Gasteiger partial charge in [-0.1, -0.05) is 74.0 Å². The Labute approximate surface area is 119 Å². The summed E-state index contributed by atoms with van der Waals surface area (Å²) in [4.78, 5) is 0. The van der Waals surface area contributed by atoms with E-state index in [1.807, 2.05) is 0 Å². The molecular weight excluding hydrogens is 252 g/mol. The molecule has 19 heavy (non-hydrogen) atoms. The van der Waals surface area contributed by atoms with Gasteiger partial charge in [0.2, 0.25) is 0 Å². The molecular formula is C18H17Cl. The van der Waals surface area contributed by atoms with Crippen molar-refractivity contribution in [1.82, 2.24) is 0 Å². The van der Waals surface area contributed by atoms with Crippen LogP contribution in [0.4, 0.5) is 0 Å². The highest BCUT2D eigenvalue weighted by atomic mass is 35.5. The first kappa shape index (κ1) is 12.5. The Bertz CT molecular complexity index is 684. The van der Waals surface area contributed by atoms with Crippen LogP contribution in [0, 0.1) is 5.92 Å². The van der Waals surface area contributed by atoms with Crippen LogP contribution in [0.2, 0.25) is 5.02 Å². The maximum Gasteiger partial charge on any atom is 0.0562 e. The van der Waals surface area contributed by atoms with E-state index in [2.05, 4.69) is 62.4 Å². The van der Waals surface area contributed by atoms with Crippen LogP contribution in [0.25, 0.3) is 21.5 Å². The summed E-state index contributed by atoms with van der Waals surface area (Å²) in [7, 11) is 0. The molecule has 1 heteroatoms. The lowest BCUT2D eigenvalue weighted by Crippen LogP contribution is -1.97. The van der Waals surface area contributed by atoms with Crippen LogP contribution in [-0.4, -0.2) is 0 Å². The summed E-state index contributed by atoms with van der Waals surface area (Å²) in [6.45, 7) is 4.52. The summed E-state index contributed by atoms with van der Waals surface area (Å²) in [6, 6.07) is 16.9. The summed E-state index contributed by atoms with van der Waals surface area (Å²) in [5.41, 5.74) is 1.42. The van der Waals surface area contributed by atoms with E-state index in [1.54, 1.807) is 0 Å². The fraction of sp³-hybridized carbons (Fsp3) is 0.222. The molecule has 0 aliphatic rings. The zero-order valence-corrected chi connectivity index (χ0v) is 12.0. The second-order valence-corrected chi connectivity index (χ2v) is 5.86. The average molecular weight is 269 g/mol. The van der Waals surface area contributed by atoms with E-state index in [-0.39, 0.29) is 0 Å². The van der Waals surface area contributed by atoms with Gasteiger partial charge in [-0.3, -0.25) is 0 Å². The molecule has 3 rings (SSSR count). The molecule has 0 spiro atoms. The van der Waals surface area contributed by atoms with Crippen LogP contribution in [0.1, 0.15) is 19.4 Å². The third-order valence-electron chi connectivity index (χ3n) is 3.59. The summed E-state index contributed by atoms with van der Waals surface area (Å²) >= 11 is 6.58. The molecule has 0 atom stereocenters. The minimum atomic E-state index is 0.632. The molecule has 0 aliphatic carbocycles. The van der Waals surface area contributed by atoms with E-state index in [1.165, 1.54) is 27.1 Å². The summed E-state index contributed by atoms with van der Waals surface area (Å²) in [5.74, 6) is 0.632. The zero-order chi connectivity index (χ0) is 13.4. The lowest BCUT2D eigenvalue weighted by Gasteiger charge is -2.15. The number of hydrogen-bond donors (Lipinski definition) is 0. The van der Waals surface area contributed by atoms with Crippen molar-refractivity contribution < 1.29 is 0 Å². The van der Waals surface area contributed by atoms with Gasteiger partial charge in [0.1, 0.15) is 0 Å². The molecule has 3 aromatic carbocycles. The minimum Gasteiger partial charge on any atom is -0.0830 e. The molecule has 96 valence electrons. The largest absolute Gasteiger partial charge is 0.0830 e. The molecule has 0 saturated heterocycles. The van der Waals surface area contributed by atoms with Crippen LogP contribution in [0.15, 0.2) is 48.5 Å². The second kappa shape index (κ2) is 4.86. The Morgan fingerprint density at radius 2 is 1.21 bits per heavy atom. The van der Waals surface area contributed by atoms with Crippen molar-refractivity contribution in [3.8, 4) is 0 Å². The van der Waals surface area contributed by atoms with Crippen molar-refractivity contribution in [2.45, 2.75) is 20.3 Å². The predicted molar refractivity (Wildman–Crippen MR) is 85.0 cm³/mol. The molecule has 0 nitrogen and oxygen atoms in total. The summed E-state index contributed by atoms with van der Waals surface area (Å²) in [5, 5.41) is 5.79. The van der Waals surface area contributed by atoms with Gasteiger partial charge in [-0.25, -0.2) is 0 Å². The van der Waals surface area contributed by atoms with Crippen LogP contribution < -0.4 is 0 Å². The number of benzene rings is 3. The van der Waals surface area contributed by atoms with Crippen LogP contribution >= 0.6 is 11.6 Å². The summed E-state index contributed by atoms with van der Waals surface area (Å²) < 4.78 is 0. The molecule has 3 aromatic rings. The quantitative estimate of drug-likeness (QED) is 0.512. The van der Waals surface area contributed by atoms with Crippen LogP contribution in [-0.2, 0) is 6.42 Å². The van der Waals surface area contributed by atoms with E-state index in [0.717, 1.165) is 11.4 Å². The van der Waals surface area contributed by atoms with Gasteiger partial charge in [0.05, 0.1) is 5.02 Å². The maximum atomic E-state index is 6.58. The normalized spacial score (nSPS) is 11.6. The molecule has 0 fully saturated rings. The Hall–Kier alpha value is -1.53. The second-order valence-electron chi connectivity index (χ2n) is 5.48. The van der Waals surface area contributed by atoms with E-state index in [0.29, 0.717) is 5.92 Å². The third-order valence-corrected chi connectivity index (χ3v) is 4.00. The van der Waals surface area contributed by atoms with Crippen molar-refractivity contribution in [3.05, 3.63) is 59.1 Å². The van der Waals surface area contributed by atoms with Gasteiger partial charge < -0.3 is 0 Å². The maximum absolute atomic E-state index is 6.58.